The van der Waals surface area contributed by atoms with Crippen LogP contribution < -0.4 is 24.8 Å². The van der Waals surface area contributed by atoms with Gasteiger partial charge in [-0.05, 0) is 0 Å². The Hall–Kier alpha value is 1.15. The zero-order valence-corrected chi connectivity index (χ0v) is 14.9. The summed E-state index contributed by atoms with van der Waals surface area (Å²) < 4.78 is 0. The summed E-state index contributed by atoms with van der Waals surface area (Å²) in [6.45, 7) is 8.63. The average Bonchev–Trinajstić information content (AvgIpc) is 2.19. The Morgan fingerprint density at radius 1 is 1.23 bits per heavy atom. The Labute approximate surface area is 116 Å². The van der Waals surface area contributed by atoms with Crippen molar-refractivity contribution < 1.29 is 50.7 Å². The van der Waals surface area contributed by atoms with E-state index >= 15 is 0 Å². The quantitative estimate of drug-likeness (QED) is 0.293. The molecule has 0 saturated carbocycles. The van der Waals surface area contributed by atoms with Crippen molar-refractivity contribution in [3.63, 3.8) is 0 Å². The molecule has 1 rings (SSSR count). The number of hydrogen-bond donors (Lipinski definition) is 0. The van der Waals surface area contributed by atoms with Crippen LogP contribution in [-0.2, 0) is 25.8 Å². The van der Waals surface area contributed by atoms with Gasteiger partial charge in [0.1, 0.15) is 0 Å². The zero-order chi connectivity index (χ0) is 7.98. The molecule has 0 spiro atoms. The van der Waals surface area contributed by atoms with Crippen molar-refractivity contribution in [3.8, 4) is 0 Å². The fourth-order valence-corrected chi connectivity index (χ4v) is 0.650. The molecule has 0 aliphatic heterocycles. The van der Waals surface area contributed by atoms with Gasteiger partial charge < -0.3 is 24.8 Å². The molecule has 1 aliphatic carbocycles. The van der Waals surface area contributed by atoms with E-state index in [1.165, 1.54) is 11.1 Å². The van der Waals surface area contributed by atoms with Gasteiger partial charge in [0.05, 0.1) is 0 Å². The smallest absolute Gasteiger partial charge is 0.0213 e. The molecule has 0 aromatic rings. The monoisotopic (exact) mass is 402 g/mol. The van der Waals surface area contributed by atoms with Gasteiger partial charge in [-0.15, -0.1) is 13.3 Å². The van der Waals surface area contributed by atoms with Gasteiger partial charge in [-0.1, -0.05) is 20.0 Å². The molecular weight excluding hydrogens is 386 g/mol. The van der Waals surface area contributed by atoms with Crippen molar-refractivity contribution >= 4 is 9.52 Å². The van der Waals surface area contributed by atoms with Crippen LogP contribution in [0.4, 0.5) is 0 Å². The maximum Gasteiger partial charge on any atom is 0.0213 e. The first kappa shape index (κ1) is 23.7. The van der Waals surface area contributed by atoms with Crippen LogP contribution >= 0.6 is 0 Å². The molecule has 13 heavy (non-hydrogen) atoms. The molecule has 0 bridgehead atoms. The molecular formula is C9H16Cl2HfSi-3. The summed E-state index contributed by atoms with van der Waals surface area (Å²) in [6, 6.07) is 0. The zero-order valence-electron chi connectivity index (χ0n) is 8.62. The van der Waals surface area contributed by atoms with Crippen molar-refractivity contribution in [2.75, 3.05) is 0 Å². The molecule has 0 aromatic heterocycles. The molecule has 4 heteroatoms. The van der Waals surface area contributed by atoms with Gasteiger partial charge >= 0.3 is 0 Å². The minimum absolute atomic E-state index is 0. The first-order valence-electron chi connectivity index (χ1n) is 3.71. The maximum absolute atomic E-state index is 3.19. The van der Waals surface area contributed by atoms with Crippen LogP contribution in [0.5, 0.6) is 0 Å². The molecule has 0 N–H and O–H groups in total. The molecule has 0 aromatic carbocycles. The van der Waals surface area contributed by atoms with E-state index in [9.17, 15) is 0 Å². The second-order valence-corrected chi connectivity index (χ2v) is 3.63. The predicted octanol–water partition coefficient (Wildman–Crippen LogP) is -3.39. The molecule has 0 amide bonds. The minimum atomic E-state index is 0. The summed E-state index contributed by atoms with van der Waals surface area (Å²) in [5.74, 6) is 0. The first-order valence-corrected chi connectivity index (χ1v) is 6.01. The maximum atomic E-state index is 3.19. The Kier molecular flexibility index (Phi) is 28.5. The molecule has 0 nitrogen and oxygen atoms in total. The van der Waals surface area contributed by atoms with E-state index in [0.29, 0.717) is 0 Å². The third kappa shape index (κ3) is 13.1. The molecule has 0 saturated heterocycles. The molecule has 77 valence electrons. The van der Waals surface area contributed by atoms with Gasteiger partial charge in [-0.2, -0.15) is 6.08 Å². The van der Waals surface area contributed by atoms with Crippen molar-refractivity contribution in [1.29, 1.82) is 0 Å². The summed E-state index contributed by atoms with van der Waals surface area (Å²) in [5.41, 5.74) is 2.71. The molecule has 1 radical (unpaired) electrons. The Morgan fingerprint density at radius 2 is 1.62 bits per heavy atom. The summed E-state index contributed by atoms with van der Waals surface area (Å²) in [4.78, 5) is 0. The normalized spacial score (nSPS) is 11.7. The van der Waals surface area contributed by atoms with Gasteiger partial charge in [-0.3, -0.25) is 6.08 Å². The Bertz CT molecular complexity index is 140. The molecule has 0 atom stereocenters. The molecule has 0 heterocycles. The summed E-state index contributed by atoms with van der Waals surface area (Å²) in [6.07, 6.45) is 6.41. The molecule has 1 aliphatic rings. The van der Waals surface area contributed by atoms with Crippen LogP contribution in [0.3, 0.4) is 0 Å². The number of halogens is 2. The van der Waals surface area contributed by atoms with E-state index in [1.54, 1.807) is 0 Å². The van der Waals surface area contributed by atoms with Crippen LogP contribution in [0.15, 0.2) is 17.2 Å². The topological polar surface area (TPSA) is 0 Å². The van der Waals surface area contributed by atoms with Crippen LogP contribution in [0.25, 0.3) is 0 Å². The van der Waals surface area contributed by atoms with E-state index in [2.05, 4.69) is 39.1 Å². The third-order valence-corrected chi connectivity index (χ3v) is 1.37. The molecule has 0 fully saturated rings. The van der Waals surface area contributed by atoms with Crippen LogP contribution in [0.2, 0.25) is 13.1 Å². The average molecular weight is 402 g/mol. The first-order chi connectivity index (χ1) is 4.72. The number of allylic oxidation sites excluding steroid dienone is 4. The Balaban J connectivity index is -0.0000000615. The van der Waals surface area contributed by atoms with Crippen molar-refractivity contribution in [1.82, 2.24) is 0 Å². The summed E-state index contributed by atoms with van der Waals surface area (Å²) in [7, 11) is 0.750. The summed E-state index contributed by atoms with van der Waals surface area (Å²) >= 11 is 0. The SMILES string of the molecule is CC1=[C-]CC=C1C.C[SiH]C.[Cl-].[Cl-].[Hf]. The van der Waals surface area contributed by atoms with E-state index in [-0.39, 0.29) is 50.7 Å². The summed E-state index contributed by atoms with van der Waals surface area (Å²) in [5, 5.41) is 0. The van der Waals surface area contributed by atoms with Gasteiger partial charge in [0.25, 0.3) is 0 Å². The fourth-order valence-electron chi connectivity index (χ4n) is 0.650. The van der Waals surface area contributed by atoms with Crippen LogP contribution in [0, 0.1) is 6.08 Å². The van der Waals surface area contributed by atoms with Gasteiger partial charge in [0.2, 0.25) is 0 Å². The van der Waals surface area contributed by atoms with E-state index in [0.717, 1.165) is 15.9 Å². The minimum Gasteiger partial charge on any atom is -1.00 e. The van der Waals surface area contributed by atoms with Gasteiger partial charge in [0.15, 0.2) is 0 Å². The number of hydrogen-bond acceptors (Lipinski definition) is 0. The predicted molar refractivity (Wildman–Crippen MR) is 49.7 cm³/mol. The van der Waals surface area contributed by atoms with Crippen LogP contribution in [0.1, 0.15) is 20.3 Å². The van der Waals surface area contributed by atoms with E-state index in [1.807, 2.05) is 0 Å². The van der Waals surface area contributed by atoms with Crippen molar-refractivity contribution in [3.05, 3.63) is 23.3 Å². The van der Waals surface area contributed by atoms with E-state index < -0.39 is 0 Å². The fraction of sp³-hybridized carbons (Fsp3) is 0.556. The largest absolute Gasteiger partial charge is 1.00 e. The number of rotatable bonds is 0. The van der Waals surface area contributed by atoms with Crippen LogP contribution in [-0.4, -0.2) is 9.52 Å². The molecule has 0 unspecified atom stereocenters. The second-order valence-electron chi connectivity index (χ2n) is 2.47. The standard InChI is InChI=1S/C7H9.C2H7Si.2ClH.Hf/c1-6-4-3-5-7(6)2;1-3-2;;;/h4H,3H2,1-2H3;3H,1-2H3;2*1H;/q-1;;;;/p-2. The van der Waals surface area contributed by atoms with Gasteiger partial charge in [0, 0.05) is 35.4 Å². The van der Waals surface area contributed by atoms with Crippen molar-refractivity contribution in [2.45, 2.75) is 33.4 Å². The van der Waals surface area contributed by atoms with E-state index in [4.69, 9.17) is 0 Å². The third-order valence-electron chi connectivity index (χ3n) is 1.37. The Morgan fingerprint density at radius 3 is 1.69 bits per heavy atom. The second kappa shape index (κ2) is 15.6. The van der Waals surface area contributed by atoms with Gasteiger partial charge in [-0.25, -0.2) is 11.1 Å². The van der Waals surface area contributed by atoms with Crippen molar-refractivity contribution in [2.24, 2.45) is 0 Å².